The van der Waals surface area contributed by atoms with Crippen molar-refractivity contribution in [2.45, 2.75) is 33.1 Å². The molecule has 0 radical (unpaired) electrons. The van der Waals surface area contributed by atoms with Crippen LogP contribution in [0.2, 0.25) is 0 Å². The van der Waals surface area contributed by atoms with E-state index in [0.717, 1.165) is 24.1 Å². The molecule has 20 heavy (non-hydrogen) atoms. The number of hydrogen-bond donors (Lipinski definition) is 0. The van der Waals surface area contributed by atoms with Gasteiger partial charge in [0, 0.05) is 13.2 Å². The molecule has 0 N–H and O–H groups in total. The van der Waals surface area contributed by atoms with Crippen LogP contribution in [0.4, 0.5) is 0 Å². The summed E-state index contributed by atoms with van der Waals surface area (Å²) < 4.78 is 12.1. The Morgan fingerprint density at radius 3 is 2.75 bits per heavy atom. The van der Waals surface area contributed by atoms with E-state index in [1.807, 2.05) is 27.1 Å². The van der Waals surface area contributed by atoms with Gasteiger partial charge in [-0.25, -0.2) is 9.78 Å². The molecule has 108 valence electrons. The fourth-order valence-electron chi connectivity index (χ4n) is 2.10. The maximum Gasteiger partial charge on any atom is 0.376 e. The summed E-state index contributed by atoms with van der Waals surface area (Å²) in [4.78, 5) is 16.2. The molecule has 2 aromatic rings. The highest BCUT2D eigenvalue weighted by atomic mass is 16.5. The second kappa shape index (κ2) is 5.90. The second-order valence-electron chi connectivity index (χ2n) is 4.55. The highest BCUT2D eigenvalue weighted by molar-refractivity contribution is 5.88. The molecule has 0 aromatic carbocycles. The van der Waals surface area contributed by atoms with E-state index < -0.39 is 5.97 Å². The molecule has 0 saturated carbocycles. The van der Waals surface area contributed by atoms with Gasteiger partial charge in [0.25, 0.3) is 0 Å². The molecule has 6 nitrogen and oxygen atoms in total. The van der Waals surface area contributed by atoms with Gasteiger partial charge in [0.05, 0.1) is 24.1 Å². The molecular formula is C14H19N3O3. The number of esters is 1. The lowest BCUT2D eigenvalue weighted by Gasteiger charge is -1.96. The van der Waals surface area contributed by atoms with Crippen molar-refractivity contribution in [2.24, 2.45) is 7.05 Å². The van der Waals surface area contributed by atoms with Crippen molar-refractivity contribution in [1.82, 2.24) is 14.8 Å². The monoisotopic (exact) mass is 277 g/mol. The van der Waals surface area contributed by atoms with Crippen LogP contribution in [0.15, 0.2) is 10.6 Å². The van der Waals surface area contributed by atoms with Crippen molar-refractivity contribution >= 4 is 5.97 Å². The molecule has 6 heteroatoms. The highest BCUT2D eigenvalue weighted by Gasteiger charge is 2.23. The van der Waals surface area contributed by atoms with Gasteiger partial charge in [-0.15, -0.1) is 0 Å². The molecule has 2 heterocycles. The van der Waals surface area contributed by atoms with Crippen molar-refractivity contribution < 1.29 is 13.9 Å². The first kappa shape index (κ1) is 14.3. The number of methoxy groups -OCH3 is 1. The summed E-state index contributed by atoms with van der Waals surface area (Å²) in [6.07, 6.45) is 4.18. The van der Waals surface area contributed by atoms with Gasteiger partial charge >= 0.3 is 5.97 Å². The van der Waals surface area contributed by atoms with E-state index in [1.54, 1.807) is 4.68 Å². The van der Waals surface area contributed by atoms with Crippen LogP contribution in [-0.2, 0) is 24.6 Å². The lowest BCUT2D eigenvalue weighted by Crippen LogP contribution is -2.03. The summed E-state index contributed by atoms with van der Waals surface area (Å²) in [6, 6.07) is 0. The van der Waals surface area contributed by atoms with Gasteiger partial charge in [-0.2, -0.15) is 5.10 Å². The van der Waals surface area contributed by atoms with Crippen molar-refractivity contribution in [3.63, 3.8) is 0 Å². The van der Waals surface area contributed by atoms with Crippen LogP contribution in [-0.4, -0.2) is 27.8 Å². The van der Waals surface area contributed by atoms with Gasteiger partial charge in [0.1, 0.15) is 0 Å². The van der Waals surface area contributed by atoms with Crippen LogP contribution in [0.25, 0.3) is 11.5 Å². The minimum atomic E-state index is -0.492. The van der Waals surface area contributed by atoms with Crippen LogP contribution in [0, 0.1) is 0 Å². The van der Waals surface area contributed by atoms with E-state index in [0.29, 0.717) is 18.0 Å². The number of nitrogens with zero attached hydrogens (tertiary/aromatic N) is 3. The van der Waals surface area contributed by atoms with E-state index >= 15 is 0 Å². The third-order valence-electron chi connectivity index (χ3n) is 3.03. The number of ether oxygens (including phenoxy) is 1. The fourth-order valence-corrected chi connectivity index (χ4v) is 2.10. The average molecular weight is 277 g/mol. The molecule has 2 aromatic heterocycles. The molecule has 0 atom stereocenters. The molecule has 0 aliphatic heterocycles. The number of hydrogen-bond acceptors (Lipinski definition) is 5. The molecule has 0 amide bonds. The Bertz CT molecular complexity index is 613. The Morgan fingerprint density at radius 1 is 1.40 bits per heavy atom. The predicted molar refractivity (Wildman–Crippen MR) is 73.4 cm³/mol. The van der Waals surface area contributed by atoms with Crippen molar-refractivity contribution in [2.75, 3.05) is 7.11 Å². The maximum absolute atomic E-state index is 11.7. The van der Waals surface area contributed by atoms with E-state index in [4.69, 9.17) is 9.15 Å². The molecule has 0 aliphatic carbocycles. The maximum atomic E-state index is 11.7. The van der Waals surface area contributed by atoms with Crippen molar-refractivity contribution in [3.8, 4) is 11.5 Å². The Kier molecular flexibility index (Phi) is 4.22. The minimum absolute atomic E-state index is 0.190. The molecule has 2 rings (SSSR count). The van der Waals surface area contributed by atoms with Gasteiger partial charge in [-0.05, 0) is 12.8 Å². The molecule has 0 fully saturated rings. The molecule has 0 saturated heterocycles. The van der Waals surface area contributed by atoms with Crippen LogP contribution in [0.5, 0.6) is 0 Å². The lowest BCUT2D eigenvalue weighted by molar-refractivity contribution is 0.0564. The zero-order valence-electron chi connectivity index (χ0n) is 12.3. The fraction of sp³-hybridized carbons (Fsp3) is 0.500. The molecular weight excluding hydrogens is 258 g/mol. The predicted octanol–water partition coefficient (Wildman–Crippen LogP) is 2.38. The van der Waals surface area contributed by atoms with E-state index in [9.17, 15) is 4.79 Å². The van der Waals surface area contributed by atoms with Crippen LogP contribution in [0.3, 0.4) is 0 Å². The smallest absolute Gasteiger partial charge is 0.376 e. The Hall–Kier alpha value is -2.11. The van der Waals surface area contributed by atoms with E-state index in [2.05, 4.69) is 10.1 Å². The average Bonchev–Trinajstić information content (AvgIpc) is 3.01. The summed E-state index contributed by atoms with van der Waals surface area (Å²) in [7, 11) is 3.18. The number of aryl methyl sites for hydroxylation is 3. The molecule has 0 unspecified atom stereocenters. The van der Waals surface area contributed by atoms with Crippen LogP contribution < -0.4 is 0 Å². The summed E-state index contributed by atoms with van der Waals surface area (Å²) >= 11 is 0. The molecule has 0 aliphatic rings. The number of rotatable bonds is 5. The Balaban J connectivity index is 2.49. The Labute approximate surface area is 117 Å². The lowest BCUT2D eigenvalue weighted by atomic mass is 10.2. The summed E-state index contributed by atoms with van der Waals surface area (Å²) in [5.74, 6) is 0.128. The quantitative estimate of drug-likeness (QED) is 0.785. The minimum Gasteiger partial charge on any atom is -0.463 e. The first-order valence-corrected chi connectivity index (χ1v) is 6.71. The number of oxazole rings is 1. The zero-order valence-corrected chi connectivity index (χ0v) is 12.3. The topological polar surface area (TPSA) is 70.2 Å². The normalized spacial score (nSPS) is 10.8. The molecule has 0 spiro atoms. The summed E-state index contributed by atoms with van der Waals surface area (Å²) in [5, 5.41) is 4.36. The summed E-state index contributed by atoms with van der Waals surface area (Å²) in [6.45, 7) is 4.04. The van der Waals surface area contributed by atoms with Gasteiger partial charge in [-0.1, -0.05) is 20.3 Å². The number of aromatic nitrogens is 3. The number of carbonyl (C=O) groups excluding carboxylic acids is 1. The zero-order chi connectivity index (χ0) is 14.7. The summed E-state index contributed by atoms with van der Waals surface area (Å²) in [5.41, 5.74) is 2.36. The highest BCUT2D eigenvalue weighted by Crippen LogP contribution is 2.26. The third kappa shape index (κ3) is 2.59. The van der Waals surface area contributed by atoms with Gasteiger partial charge in [0.2, 0.25) is 11.7 Å². The second-order valence-corrected chi connectivity index (χ2v) is 4.55. The largest absolute Gasteiger partial charge is 0.463 e. The standard InChI is InChI=1S/C14H19N3O3/c1-5-7-11-12(14(18)19-4)20-13(15-11)9-8-17(3)16-10(9)6-2/h8H,5-7H2,1-4H3. The number of carbonyl (C=O) groups is 1. The van der Waals surface area contributed by atoms with Gasteiger partial charge in [0.15, 0.2) is 0 Å². The Morgan fingerprint density at radius 2 is 2.15 bits per heavy atom. The first-order chi connectivity index (χ1) is 9.60. The van der Waals surface area contributed by atoms with Crippen LogP contribution >= 0.6 is 0 Å². The van der Waals surface area contributed by atoms with E-state index in [1.165, 1.54) is 7.11 Å². The molecule has 0 bridgehead atoms. The SMILES string of the molecule is CCCc1nc(-c2cn(C)nc2CC)oc1C(=O)OC. The van der Waals surface area contributed by atoms with Gasteiger partial charge < -0.3 is 9.15 Å². The van der Waals surface area contributed by atoms with Crippen LogP contribution in [0.1, 0.15) is 42.2 Å². The third-order valence-corrected chi connectivity index (χ3v) is 3.03. The van der Waals surface area contributed by atoms with Gasteiger partial charge in [-0.3, -0.25) is 4.68 Å². The van der Waals surface area contributed by atoms with E-state index in [-0.39, 0.29) is 5.76 Å². The first-order valence-electron chi connectivity index (χ1n) is 6.71. The van der Waals surface area contributed by atoms with Crippen molar-refractivity contribution in [3.05, 3.63) is 23.3 Å². The van der Waals surface area contributed by atoms with Crippen molar-refractivity contribution in [1.29, 1.82) is 0 Å².